The third-order valence-corrected chi connectivity index (χ3v) is 2.10. The van der Waals surface area contributed by atoms with Gasteiger partial charge in [0.1, 0.15) is 0 Å². The maximum atomic E-state index is 12.7. The van der Waals surface area contributed by atoms with Gasteiger partial charge in [-0.2, -0.15) is 4.39 Å². The molecule has 0 atom stereocenters. The van der Waals surface area contributed by atoms with Gasteiger partial charge in [-0.15, -0.1) is 0 Å². The molecule has 3 nitrogen and oxygen atoms in total. The van der Waals surface area contributed by atoms with Crippen molar-refractivity contribution in [2.75, 3.05) is 6.54 Å². The zero-order valence-corrected chi connectivity index (χ0v) is 9.46. The first-order chi connectivity index (χ1) is 7.59. The smallest absolute Gasteiger partial charge is 0.216 e. The van der Waals surface area contributed by atoms with Gasteiger partial charge in [0.25, 0.3) is 0 Å². The van der Waals surface area contributed by atoms with Crippen molar-refractivity contribution in [2.45, 2.75) is 20.3 Å². The molecule has 16 heavy (non-hydrogen) atoms. The molecule has 1 aromatic rings. The number of pyridine rings is 1. The Balaban J connectivity index is 2.47. The van der Waals surface area contributed by atoms with Crippen LogP contribution in [0.1, 0.15) is 24.5 Å². The lowest BCUT2D eigenvalue weighted by Crippen LogP contribution is -2.20. The van der Waals surface area contributed by atoms with E-state index >= 15 is 0 Å². The van der Waals surface area contributed by atoms with Crippen LogP contribution in [0.4, 0.5) is 4.39 Å². The molecular formula is C12H15FN2O. The molecule has 86 valence electrons. The standard InChI is InChI=1S/C12H15FN2O/c1-9-7-12(13)15-8-11(9)5-3-4-6-14-10(2)16/h3,5,7-8H,4,6H2,1-2H3,(H,14,16). The molecule has 0 aliphatic carbocycles. The van der Waals surface area contributed by atoms with E-state index in [4.69, 9.17) is 0 Å². The zero-order valence-electron chi connectivity index (χ0n) is 9.46. The second-order valence-electron chi connectivity index (χ2n) is 3.54. The molecule has 0 aromatic carbocycles. The second-order valence-corrected chi connectivity index (χ2v) is 3.54. The fourth-order valence-electron chi connectivity index (χ4n) is 1.25. The largest absolute Gasteiger partial charge is 0.356 e. The SMILES string of the molecule is CC(=O)NCCC=Cc1cnc(F)cc1C. The van der Waals surface area contributed by atoms with Gasteiger partial charge in [0, 0.05) is 19.7 Å². The number of hydrogen-bond acceptors (Lipinski definition) is 2. The highest BCUT2D eigenvalue weighted by Gasteiger charge is 1.96. The number of halogens is 1. The molecule has 1 amide bonds. The number of hydrogen-bond donors (Lipinski definition) is 1. The molecule has 0 aliphatic rings. The quantitative estimate of drug-likeness (QED) is 0.626. The maximum absolute atomic E-state index is 12.7. The number of carbonyl (C=O) groups excluding carboxylic acids is 1. The van der Waals surface area contributed by atoms with E-state index in [1.54, 1.807) is 0 Å². The summed E-state index contributed by atoms with van der Waals surface area (Å²) in [4.78, 5) is 14.2. The van der Waals surface area contributed by atoms with Crippen molar-refractivity contribution in [3.8, 4) is 0 Å². The third-order valence-electron chi connectivity index (χ3n) is 2.10. The lowest BCUT2D eigenvalue weighted by atomic mass is 10.1. The molecule has 1 heterocycles. The fourth-order valence-corrected chi connectivity index (χ4v) is 1.25. The Bertz CT molecular complexity index is 402. The van der Waals surface area contributed by atoms with E-state index in [2.05, 4.69) is 10.3 Å². The van der Waals surface area contributed by atoms with E-state index in [0.717, 1.165) is 17.5 Å². The van der Waals surface area contributed by atoms with E-state index < -0.39 is 5.95 Å². The molecule has 0 saturated heterocycles. The molecular weight excluding hydrogens is 207 g/mol. The molecule has 0 fully saturated rings. The molecule has 0 unspecified atom stereocenters. The van der Waals surface area contributed by atoms with E-state index in [0.29, 0.717) is 6.54 Å². The average molecular weight is 222 g/mol. The first kappa shape index (κ1) is 12.4. The summed E-state index contributed by atoms with van der Waals surface area (Å²) in [5, 5.41) is 2.69. The number of nitrogens with one attached hydrogen (secondary N) is 1. The molecule has 0 saturated carbocycles. The molecule has 0 spiro atoms. The summed E-state index contributed by atoms with van der Waals surface area (Å²) in [7, 11) is 0. The Kier molecular flexibility index (Phi) is 4.64. The number of nitrogens with zero attached hydrogens (tertiary/aromatic N) is 1. The predicted molar refractivity (Wildman–Crippen MR) is 61.3 cm³/mol. The Hall–Kier alpha value is -1.71. The van der Waals surface area contributed by atoms with Crippen LogP contribution in [0, 0.1) is 12.9 Å². The number of aryl methyl sites for hydroxylation is 1. The predicted octanol–water partition coefficient (Wildman–Crippen LogP) is 2.07. The Morgan fingerprint density at radius 1 is 1.62 bits per heavy atom. The Morgan fingerprint density at radius 3 is 3.00 bits per heavy atom. The number of rotatable bonds is 4. The lowest BCUT2D eigenvalue weighted by Gasteiger charge is -2.00. The van der Waals surface area contributed by atoms with Gasteiger partial charge in [0.2, 0.25) is 11.9 Å². The summed E-state index contributed by atoms with van der Waals surface area (Å²) in [5.74, 6) is -0.499. The van der Waals surface area contributed by atoms with Crippen molar-refractivity contribution in [2.24, 2.45) is 0 Å². The maximum Gasteiger partial charge on any atom is 0.216 e. The van der Waals surface area contributed by atoms with Crippen LogP contribution in [-0.4, -0.2) is 17.4 Å². The normalized spacial score (nSPS) is 10.7. The van der Waals surface area contributed by atoms with Gasteiger partial charge in [-0.25, -0.2) is 4.98 Å². The Labute approximate surface area is 94.4 Å². The van der Waals surface area contributed by atoms with Crippen molar-refractivity contribution in [1.82, 2.24) is 10.3 Å². The van der Waals surface area contributed by atoms with Gasteiger partial charge in [-0.1, -0.05) is 12.2 Å². The minimum absolute atomic E-state index is 0.0342. The van der Waals surface area contributed by atoms with Crippen LogP contribution in [0.3, 0.4) is 0 Å². The van der Waals surface area contributed by atoms with Gasteiger partial charge >= 0.3 is 0 Å². The third kappa shape index (κ3) is 4.21. The summed E-state index contributed by atoms with van der Waals surface area (Å²) in [5.41, 5.74) is 1.74. The monoisotopic (exact) mass is 222 g/mol. The van der Waals surface area contributed by atoms with Crippen LogP contribution < -0.4 is 5.32 Å². The van der Waals surface area contributed by atoms with Crippen molar-refractivity contribution >= 4 is 12.0 Å². The van der Waals surface area contributed by atoms with E-state index in [-0.39, 0.29) is 5.91 Å². The molecule has 0 radical (unpaired) electrons. The molecule has 0 aliphatic heterocycles. The summed E-state index contributed by atoms with van der Waals surface area (Å²) < 4.78 is 12.7. The van der Waals surface area contributed by atoms with E-state index in [9.17, 15) is 9.18 Å². The van der Waals surface area contributed by atoms with Crippen LogP contribution in [0.25, 0.3) is 6.08 Å². The first-order valence-corrected chi connectivity index (χ1v) is 5.12. The zero-order chi connectivity index (χ0) is 12.0. The molecule has 0 bridgehead atoms. The number of aromatic nitrogens is 1. The van der Waals surface area contributed by atoms with Crippen molar-refractivity contribution in [3.05, 3.63) is 35.4 Å². The van der Waals surface area contributed by atoms with Gasteiger partial charge in [-0.3, -0.25) is 4.79 Å². The average Bonchev–Trinajstić information content (AvgIpc) is 2.20. The van der Waals surface area contributed by atoms with Crippen LogP contribution in [0.2, 0.25) is 0 Å². The van der Waals surface area contributed by atoms with Crippen LogP contribution >= 0.6 is 0 Å². The van der Waals surface area contributed by atoms with Gasteiger partial charge in [0.15, 0.2) is 0 Å². The van der Waals surface area contributed by atoms with Crippen molar-refractivity contribution < 1.29 is 9.18 Å². The number of amides is 1. The molecule has 1 aromatic heterocycles. The van der Waals surface area contributed by atoms with Crippen LogP contribution in [-0.2, 0) is 4.79 Å². The summed E-state index contributed by atoms with van der Waals surface area (Å²) in [6.45, 7) is 3.93. The van der Waals surface area contributed by atoms with Crippen LogP contribution in [0.5, 0.6) is 0 Å². The highest BCUT2D eigenvalue weighted by molar-refractivity contribution is 5.72. The topological polar surface area (TPSA) is 42.0 Å². The second kappa shape index (κ2) is 6.00. The highest BCUT2D eigenvalue weighted by atomic mass is 19.1. The van der Waals surface area contributed by atoms with E-state index in [1.165, 1.54) is 19.2 Å². The fraction of sp³-hybridized carbons (Fsp3) is 0.333. The van der Waals surface area contributed by atoms with Crippen molar-refractivity contribution in [1.29, 1.82) is 0 Å². The van der Waals surface area contributed by atoms with Crippen LogP contribution in [0.15, 0.2) is 18.3 Å². The van der Waals surface area contributed by atoms with Crippen molar-refractivity contribution in [3.63, 3.8) is 0 Å². The Morgan fingerprint density at radius 2 is 2.38 bits per heavy atom. The highest BCUT2D eigenvalue weighted by Crippen LogP contribution is 2.09. The van der Waals surface area contributed by atoms with E-state index in [1.807, 2.05) is 19.1 Å². The first-order valence-electron chi connectivity index (χ1n) is 5.12. The lowest BCUT2D eigenvalue weighted by molar-refractivity contribution is -0.118. The minimum atomic E-state index is -0.465. The number of carbonyl (C=O) groups is 1. The van der Waals surface area contributed by atoms with Gasteiger partial charge in [-0.05, 0) is 30.5 Å². The van der Waals surface area contributed by atoms with Gasteiger partial charge < -0.3 is 5.32 Å². The molecule has 1 rings (SSSR count). The summed E-state index contributed by atoms with van der Waals surface area (Å²) in [6.07, 6.45) is 6.05. The summed E-state index contributed by atoms with van der Waals surface area (Å²) in [6, 6.07) is 1.40. The molecule has 4 heteroatoms. The molecule has 1 N–H and O–H groups in total. The minimum Gasteiger partial charge on any atom is -0.356 e. The van der Waals surface area contributed by atoms with Gasteiger partial charge in [0.05, 0.1) is 0 Å². The summed E-state index contributed by atoms with van der Waals surface area (Å²) >= 11 is 0.